The van der Waals surface area contributed by atoms with Crippen molar-refractivity contribution in [3.05, 3.63) is 41.3 Å². The summed E-state index contributed by atoms with van der Waals surface area (Å²) < 4.78 is 18.7. The monoisotopic (exact) mass is 331 g/mol. The van der Waals surface area contributed by atoms with Crippen LogP contribution < -0.4 is 15.4 Å². The van der Waals surface area contributed by atoms with E-state index in [1.807, 2.05) is 19.1 Å². The molecule has 1 aromatic heterocycles. The zero-order valence-corrected chi connectivity index (χ0v) is 14.0. The second kappa shape index (κ2) is 7.00. The van der Waals surface area contributed by atoms with Crippen molar-refractivity contribution in [3.8, 4) is 5.75 Å². The molecule has 2 heterocycles. The molecule has 0 atom stereocenters. The quantitative estimate of drug-likeness (QED) is 0.922. The fourth-order valence-electron chi connectivity index (χ4n) is 2.94. The van der Waals surface area contributed by atoms with Gasteiger partial charge in [0.05, 0.1) is 7.11 Å². The molecule has 1 saturated heterocycles. The Morgan fingerprint density at radius 2 is 1.92 bits per heavy atom. The number of nitrogens with zero attached hydrogens (tertiary/aromatic N) is 4. The summed E-state index contributed by atoms with van der Waals surface area (Å²) in [5.41, 5.74) is 7.55. The molecule has 0 bridgehead atoms. The van der Waals surface area contributed by atoms with Gasteiger partial charge in [0.2, 0.25) is 5.95 Å². The molecule has 2 aromatic rings. The van der Waals surface area contributed by atoms with Crippen LogP contribution in [0.2, 0.25) is 0 Å². The van der Waals surface area contributed by atoms with Crippen LogP contribution in [0.25, 0.3) is 0 Å². The van der Waals surface area contributed by atoms with Crippen molar-refractivity contribution < 1.29 is 9.13 Å². The van der Waals surface area contributed by atoms with Crippen LogP contribution in [0.4, 0.5) is 16.2 Å². The van der Waals surface area contributed by atoms with Gasteiger partial charge in [-0.3, -0.25) is 4.90 Å². The minimum atomic E-state index is -0.319. The predicted octanol–water partition coefficient (Wildman–Crippen LogP) is 1.84. The highest BCUT2D eigenvalue weighted by Crippen LogP contribution is 2.20. The molecule has 1 fully saturated rings. The summed E-state index contributed by atoms with van der Waals surface area (Å²) in [7, 11) is 1.47. The number of benzene rings is 1. The van der Waals surface area contributed by atoms with E-state index in [0.717, 1.165) is 49.8 Å². The van der Waals surface area contributed by atoms with Gasteiger partial charge in [-0.05, 0) is 24.6 Å². The van der Waals surface area contributed by atoms with E-state index in [0.29, 0.717) is 5.95 Å². The van der Waals surface area contributed by atoms with Crippen LogP contribution in [-0.4, -0.2) is 48.2 Å². The molecule has 0 radical (unpaired) electrons. The summed E-state index contributed by atoms with van der Waals surface area (Å²) in [5.74, 6) is 1.14. The zero-order valence-electron chi connectivity index (χ0n) is 14.0. The number of rotatable bonds is 4. The molecular weight excluding hydrogens is 309 g/mol. The minimum absolute atomic E-state index is 0.278. The Hall–Kier alpha value is -2.41. The van der Waals surface area contributed by atoms with Crippen LogP contribution in [0.1, 0.15) is 11.3 Å². The number of hydrogen-bond acceptors (Lipinski definition) is 6. The molecule has 1 aliphatic heterocycles. The molecule has 3 rings (SSSR count). The molecule has 24 heavy (non-hydrogen) atoms. The number of ether oxygens (including phenoxy) is 1. The number of anilines is 2. The molecule has 1 aliphatic rings. The van der Waals surface area contributed by atoms with Gasteiger partial charge in [0.1, 0.15) is 5.82 Å². The van der Waals surface area contributed by atoms with Crippen molar-refractivity contribution in [1.82, 2.24) is 14.9 Å². The number of methoxy groups -OCH3 is 1. The Labute approximate surface area is 141 Å². The molecule has 128 valence electrons. The fraction of sp³-hybridized carbons (Fsp3) is 0.412. The molecule has 0 unspecified atom stereocenters. The van der Waals surface area contributed by atoms with Crippen LogP contribution in [0.15, 0.2) is 24.3 Å². The first-order valence-corrected chi connectivity index (χ1v) is 7.96. The Bertz CT molecular complexity index is 696. The van der Waals surface area contributed by atoms with E-state index < -0.39 is 0 Å². The summed E-state index contributed by atoms with van der Waals surface area (Å²) in [5, 5.41) is 0. The van der Waals surface area contributed by atoms with E-state index in [1.54, 1.807) is 12.1 Å². The summed E-state index contributed by atoms with van der Waals surface area (Å²) in [6.45, 7) is 6.12. The Kier molecular flexibility index (Phi) is 4.80. The van der Waals surface area contributed by atoms with Gasteiger partial charge < -0.3 is 15.4 Å². The molecule has 0 aliphatic carbocycles. The van der Waals surface area contributed by atoms with E-state index in [9.17, 15) is 4.39 Å². The second-order valence-electron chi connectivity index (χ2n) is 5.96. The van der Waals surface area contributed by atoms with Crippen LogP contribution in [0, 0.1) is 12.7 Å². The molecule has 6 nitrogen and oxygen atoms in total. The highest BCUT2D eigenvalue weighted by atomic mass is 19.1. The number of hydrogen-bond donors (Lipinski definition) is 1. The highest BCUT2D eigenvalue weighted by Gasteiger charge is 2.19. The maximum atomic E-state index is 13.8. The van der Waals surface area contributed by atoms with Gasteiger partial charge in [-0.2, -0.15) is 4.98 Å². The van der Waals surface area contributed by atoms with Crippen molar-refractivity contribution in [2.24, 2.45) is 0 Å². The van der Waals surface area contributed by atoms with Gasteiger partial charge in [-0.15, -0.1) is 0 Å². The topological polar surface area (TPSA) is 67.5 Å². The van der Waals surface area contributed by atoms with Crippen LogP contribution >= 0.6 is 0 Å². The van der Waals surface area contributed by atoms with E-state index >= 15 is 0 Å². The number of aromatic nitrogens is 2. The first kappa shape index (κ1) is 16.4. The van der Waals surface area contributed by atoms with E-state index in [1.165, 1.54) is 7.11 Å². The molecule has 0 spiro atoms. The smallest absolute Gasteiger partial charge is 0.222 e. The van der Waals surface area contributed by atoms with E-state index in [4.69, 9.17) is 10.5 Å². The van der Waals surface area contributed by atoms with Crippen molar-refractivity contribution >= 4 is 11.8 Å². The SMILES string of the molecule is COc1ccc(CN2CCN(c3cc(C)nc(N)n3)CC2)cc1F. The molecule has 7 heteroatoms. The van der Waals surface area contributed by atoms with Crippen molar-refractivity contribution in [1.29, 1.82) is 0 Å². The van der Waals surface area contributed by atoms with Gasteiger partial charge in [-0.25, -0.2) is 9.37 Å². The predicted molar refractivity (Wildman–Crippen MR) is 91.6 cm³/mol. The van der Waals surface area contributed by atoms with Crippen molar-refractivity contribution in [2.75, 3.05) is 43.9 Å². The van der Waals surface area contributed by atoms with Crippen LogP contribution in [0.3, 0.4) is 0 Å². The maximum absolute atomic E-state index is 13.8. The third kappa shape index (κ3) is 3.73. The molecular formula is C17H22FN5O. The molecule has 1 aromatic carbocycles. The van der Waals surface area contributed by atoms with Gasteiger partial charge in [0.15, 0.2) is 11.6 Å². The lowest BCUT2D eigenvalue weighted by atomic mass is 10.2. The maximum Gasteiger partial charge on any atom is 0.222 e. The Balaban J connectivity index is 1.60. The molecule has 0 saturated carbocycles. The molecule has 0 amide bonds. The Morgan fingerprint density at radius 3 is 2.54 bits per heavy atom. The lowest BCUT2D eigenvalue weighted by Crippen LogP contribution is -2.46. The fourth-order valence-corrected chi connectivity index (χ4v) is 2.94. The molecule has 2 N–H and O–H groups in total. The third-order valence-corrected chi connectivity index (χ3v) is 4.18. The standard InChI is InChI=1S/C17H22FN5O/c1-12-9-16(21-17(19)20-12)23-7-5-22(6-8-23)11-13-3-4-15(24-2)14(18)10-13/h3-4,9-10H,5-8,11H2,1-2H3,(H2,19,20,21). The third-order valence-electron chi connectivity index (χ3n) is 4.18. The van der Waals surface area contributed by atoms with E-state index in [2.05, 4.69) is 19.8 Å². The van der Waals surface area contributed by atoms with Gasteiger partial charge in [0, 0.05) is 44.5 Å². The van der Waals surface area contributed by atoms with E-state index in [-0.39, 0.29) is 11.6 Å². The number of nitrogens with two attached hydrogens (primary N) is 1. The lowest BCUT2D eigenvalue weighted by molar-refractivity contribution is 0.249. The van der Waals surface area contributed by atoms with Crippen LogP contribution in [0.5, 0.6) is 5.75 Å². The summed E-state index contributed by atoms with van der Waals surface area (Å²) in [4.78, 5) is 12.9. The number of nitrogen functional groups attached to an aromatic ring is 1. The van der Waals surface area contributed by atoms with Gasteiger partial charge >= 0.3 is 0 Å². The minimum Gasteiger partial charge on any atom is -0.494 e. The van der Waals surface area contributed by atoms with Crippen LogP contribution in [-0.2, 0) is 6.54 Å². The summed E-state index contributed by atoms with van der Waals surface area (Å²) in [6.07, 6.45) is 0. The average Bonchev–Trinajstić information content (AvgIpc) is 2.55. The number of piperazine rings is 1. The lowest BCUT2D eigenvalue weighted by Gasteiger charge is -2.35. The van der Waals surface area contributed by atoms with Crippen molar-refractivity contribution in [2.45, 2.75) is 13.5 Å². The average molecular weight is 331 g/mol. The van der Waals surface area contributed by atoms with Crippen molar-refractivity contribution in [3.63, 3.8) is 0 Å². The largest absolute Gasteiger partial charge is 0.494 e. The first-order valence-electron chi connectivity index (χ1n) is 7.96. The zero-order chi connectivity index (χ0) is 17.1. The number of halogens is 1. The summed E-state index contributed by atoms with van der Waals surface area (Å²) in [6, 6.07) is 7.07. The highest BCUT2D eigenvalue weighted by molar-refractivity contribution is 5.43. The van der Waals surface area contributed by atoms with Gasteiger partial charge in [0.25, 0.3) is 0 Å². The number of aryl methyl sites for hydroxylation is 1. The first-order chi connectivity index (χ1) is 11.5. The Morgan fingerprint density at radius 1 is 1.17 bits per heavy atom. The second-order valence-corrected chi connectivity index (χ2v) is 5.96. The van der Waals surface area contributed by atoms with Gasteiger partial charge in [-0.1, -0.05) is 6.07 Å². The normalized spacial score (nSPS) is 15.5. The summed E-state index contributed by atoms with van der Waals surface area (Å²) >= 11 is 0.